The lowest BCUT2D eigenvalue weighted by molar-refractivity contribution is -0.144. The monoisotopic (exact) mass is 460 g/mol. The Morgan fingerprint density at radius 3 is 2.59 bits per heavy atom. The summed E-state index contributed by atoms with van der Waals surface area (Å²) in [6.45, 7) is 2.43. The van der Waals surface area contributed by atoms with Crippen LogP contribution in [0.4, 0.5) is 5.95 Å². The Hall–Kier alpha value is -4.12. The molecule has 0 aliphatic carbocycles. The summed E-state index contributed by atoms with van der Waals surface area (Å²) in [6, 6.07) is 8.70. The lowest BCUT2D eigenvalue weighted by Gasteiger charge is -2.16. The summed E-state index contributed by atoms with van der Waals surface area (Å²) in [5, 5.41) is 18.1. The lowest BCUT2D eigenvalue weighted by Crippen LogP contribution is -2.35. The molecule has 1 amide bonds. The molecule has 11 heteroatoms. The van der Waals surface area contributed by atoms with E-state index in [2.05, 4.69) is 30.4 Å². The zero-order valence-electron chi connectivity index (χ0n) is 19.0. The van der Waals surface area contributed by atoms with E-state index in [1.807, 2.05) is 36.9 Å². The molecule has 0 aromatic carbocycles. The molecule has 0 bridgehead atoms. The molecule has 1 saturated heterocycles. The van der Waals surface area contributed by atoms with Crippen LogP contribution in [0.2, 0.25) is 0 Å². The fourth-order valence-electron chi connectivity index (χ4n) is 3.89. The van der Waals surface area contributed by atoms with E-state index in [-0.39, 0.29) is 18.2 Å². The van der Waals surface area contributed by atoms with Crippen LogP contribution in [0.5, 0.6) is 0 Å². The number of aromatic nitrogens is 6. The first-order valence-electron chi connectivity index (χ1n) is 10.8. The number of likely N-dealkylation sites (tertiary alicyclic amines) is 1. The van der Waals surface area contributed by atoms with Crippen LogP contribution in [0.15, 0.2) is 53.6 Å². The maximum absolute atomic E-state index is 12.4. The average molecular weight is 460 g/mol. The second kappa shape index (κ2) is 8.34. The van der Waals surface area contributed by atoms with Crippen molar-refractivity contribution in [2.45, 2.75) is 25.0 Å². The summed E-state index contributed by atoms with van der Waals surface area (Å²) in [7, 11) is 3.56. The molecule has 0 spiro atoms. The highest BCUT2D eigenvalue weighted by molar-refractivity contribution is 5.87. The minimum Gasteiger partial charge on any atom is -0.373 e. The first kappa shape index (κ1) is 21.7. The maximum Gasteiger partial charge on any atom is 0.262 e. The quantitative estimate of drug-likeness (QED) is 0.444. The van der Waals surface area contributed by atoms with Crippen LogP contribution in [0.1, 0.15) is 30.8 Å². The topological polar surface area (TPSA) is 135 Å². The van der Waals surface area contributed by atoms with E-state index in [4.69, 9.17) is 4.52 Å². The molecule has 1 fully saturated rings. The number of nitrogens with one attached hydrogen (secondary N) is 1. The molecule has 11 nitrogen and oxygen atoms in total. The Balaban J connectivity index is 1.38. The zero-order valence-corrected chi connectivity index (χ0v) is 19.0. The van der Waals surface area contributed by atoms with E-state index < -0.39 is 11.5 Å². The molecule has 2 atom stereocenters. The summed E-state index contributed by atoms with van der Waals surface area (Å²) >= 11 is 0. The highest BCUT2D eigenvalue weighted by Crippen LogP contribution is 2.34. The lowest BCUT2D eigenvalue weighted by atomic mass is 9.98. The van der Waals surface area contributed by atoms with Crippen LogP contribution in [-0.2, 0) is 17.4 Å². The number of hydrogen-bond donors (Lipinski definition) is 2. The molecule has 0 radical (unpaired) electrons. The zero-order chi connectivity index (χ0) is 23.9. The highest BCUT2D eigenvalue weighted by atomic mass is 16.5. The Morgan fingerprint density at radius 2 is 1.88 bits per heavy atom. The summed E-state index contributed by atoms with van der Waals surface area (Å²) < 4.78 is 7.23. The van der Waals surface area contributed by atoms with E-state index in [0.29, 0.717) is 35.3 Å². The Bertz CT molecular complexity index is 1350. The normalized spacial score (nSPS) is 18.9. The van der Waals surface area contributed by atoms with Gasteiger partial charge in [-0.3, -0.25) is 4.79 Å². The Labute approximate surface area is 195 Å². The summed E-state index contributed by atoms with van der Waals surface area (Å²) in [4.78, 5) is 31.7. The van der Waals surface area contributed by atoms with Gasteiger partial charge in [0, 0.05) is 45.5 Å². The summed E-state index contributed by atoms with van der Waals surface area (Å²) in [5.41, 5.74) is 1.38. The highest BCUT2D eigenvalue weighted by Gasteiger charge is 2.48. The van der Waals surface area contributed by atoms with Crippen LogP contribution in [-0.4, -0.2) is 59.2 Å². The molecule has 5 rings (SSSR count). The molecule has 5 heterocycles. The number of aliphatic hydroxyl groups is 1. The average Bonchev–Trinajstić information content (AvgIpc) is 3.57. The number of pyridine rings is 1. The molecule has 1 aliphatic rings. The SMILES string of the molecule is CC(Nc1nccc(-c2cccc(-c3cc(C4(O)CCN(C)C4=O)on3)n2)n1)c1cn(C)cn1. The van der Waals surface area contributed by atoms with E-state index in [0.717, 1.165) is 5.69 Å². The van der Waals surface area contributed by atoms with Crippen molar-refractivity contribution in [2.75, 3.05) is 18.9 Å². The van der Waals surface area contributed by atoms with Crippen molar-refractivity contribution in [1.29, 1.82) is 0 Å². The van der Waals surface area contributed by atoms with E-state index in [1.165, 1.54) is 4.90 Å². The van der Waals surface area contributed by atoms with Gasteiger partial charge in [0.2, 0.25) is 11.5 Å². The van der Waals surface area contributed by atoms with Gasteiger partial charge in [0.25, 0.3) is 5.91 Å². The van der Waals surface area contributed by atoms with Crippen molar-refractivity contribution >= 4 is 11.9 Å². The Morgan fingerprint density at radius 1 is 1.12 bits per heavy atom. The predicted octanol–water partition coefficient (Wildman–Crippen LogP) is 2.15. The van der Waals surface area contributed by atoms with Gasteiger partial charge in [0.05, 0.1) is 35.1 Å². The minimum atomic E-state index is -1.70. The van der Waals surface area contributed by atoms with Crippen molar-refractivity contribution in [3.8, 4) is 22.8 Å². The number of hydrogen-bond acceptors (Lipinski definition) is 9. The third-order valence-electron chi connectivity index (χ3n) is 5.87. The van der Waals surface area contributed by atoms with Crippen LogP contribution < -0.4 is 5.32 Å². The molecular formula is C23H24N8O3. The number of amides is 1. The largest absolute Gasteiger partial charge is 0.373 e. The van der Waals surface area contributed by atoms with E-state index in [9.17, 15) is 9.90 Å². The van der Waals surface area contributed by atoms with Gasteiger partial charge in [-0.2, -0.15) is 0 Å². The van der Waals surface area contributed by atoms with Crippen LogP contribution >= 0.6 is 0 Å². The number of carbonyl (C=O) groups is 1. The third-order valence-corrected chi connectivity index (χ3v) is 5.87. The van der Waals surface area contributed by atoms with Gasteiger partial charge in [-0.25, -0.2) is 19.9 Å². The van der Waals surface area contributed by atoms with E-state index >= 15 is 0 Å². The molecule has 0 saturated carbocycles. The Kier molecular flexibility index (Phi) is 5.33. The van der Waals surface area contributed by atoms with Crippen LogP contribution in [0.25, 0.3) is 22.8 Å². The van der Waals surface area contributed by atoms with Gasteiger partial charge in [0.1, 0.15) is 5.69 Å². The molecule has 34 heavy (non-hydrogen) atoms. The standard InChI is InChI=1S/C23H24N8O3/c1-14(19-12-30(2)13-25-19)26-22-24-9-7-17(28-22)15-5-4-6-16(27-15)18-11-20(34-29-18)23(33)8-10-31(3)21(23)32/h4-7,9,11-14,33H,8,10H2,1-3H3,(H,24,26,28). The number of nitrogens with zero attached hydrogens (tertiary/aromatic N) is 7. The third kappa shape index (κ3) is 3.90. The molecule has 174 valence electrons. The predicted molar refractivity (Wildman–Crippen MR) is 122 cm³/mol. The van der Waals surface area contributed by atoms with E-state index in [1.54, 1.807) is 37.8 Å². The van der Waals surface area contributed by atoms with Crippen molar-refractivity contribution in [2.24, 2.45) is 7.05 Å². The smallest absolute Gasteiger partial charge is 0.262 e. The number of carbonyl (C=O) groups excluding carboxylic acids is 1. The van der Waals surface area contributed by atoms with Crippen LogP contribution in [0.3, 0.4) is 0 Å². The molecule has 2 N–H and O–H groups in total. The molecule has 4 aromatic rings. The van der Waals surface area contributed by atoms with Gasteiger partial charge in [-0.05, 0) is 25.1 Å². The van der Waals surface area contributed by atoms with Gasteiger partial charge in [-0.15, -0.1) is 0 Å². The van der Waals surface area contributed by atoms with Gasteiger partial charge < -0.3 is 24.4 Å². The first-order chi connectivity index (χ1) is 16.3. The minimum absolute atomic E-state index is 0.0764. The van der Waals surface area contributed by atoms with Crippen molar-refractivity contribution in [1.82, 2.24) is 34.6 Å². The number of rotatable bonds is 6. The number of anilines is 1. The van der Waals surface area contributed by atoms with Crippen molar-refractivity contribution in [3.05, 3.63) is 60.5 Å². The molecule has 2 unspecified atom stereocenters. The molecule has 4 aromatic heterocycles. The van der Waals surface area contributed by atoms with Crippen LogP contribution in [0, 0.1) is 0 Å². The molecule has 1 aliphatic heterocycles. The van der Waals surface area contributed by atoms with Crippen molar-refractivity contribution < 1.29 is 14.4 Å². The number of likely N-dealkylation sites (N-methyl/N-ethyl adjacent to an activating group) is 1. The maximum atomic E-state index is 12.4. The van der Waals surface area contributed by atoms with Gasteiger partial charge >= 0.3 is 0 Å². The first-order valence-corrected chi connectivity index (χ1v) is 10.8. The summed E-state index contributed by atoms with van der Waals surface area (Å²) in [6.07, 6.45) is 5.59. The number of aryl methyl sites for hydroxylation is 1. The van der Waals surface area contributed by atoms with Crippen molar-refractivity contribution in [3.63, 3.8) is 0 Å². The fourth-order valence-corrected chi connectivity index (χ4v) is 3.89. The second-order valence-corrected chi connectivity index (χ2v) is 8.42. The summed E-state index contributed by atoms with van der Waals surface area (Å²) in [5.74, 6) is 0.164. The van der Waals surface area contributed by atoms with Gasteiger partial charge in [0.15, 0.2) is 5.76 Å². The van der Waals surface area contributed by atoms with Gasteiger partial charge in [-0.1, -0.05) is 11.2 Å². The molecular weight excluding hydrogens is 436 g/mol. The second-order valence-electron chi connectivity index (χ2n) is 8.42. The fraction of sp³-hybridized carbons (Fsp3) is 0.304. The number of imidazole rings is 1.